The number of fused-ring (bicyclic) bond motifs is 1. The molecular formula is C16H24N2O. The van der Waals surface area contributed by atoms with Crippen LogP contribution in [0.3, 0.4) is 0 Å². The third kappa shape index (κ3) is 3.82. The second-order valence-electron chi connectivity index (χ2n) is 5.89. The van der Waals surface area contributed by atoms with Crippen LogP contribution in [0.1, 0.15) is 26.3 Å². The summed E-state index contributed by atoms with van der Waals surface area (Å²) in [4.78, 5) is 0. The van der Waals surface area contributed by atoms with Crippen LogP contribution in [0, 0.1) is 0 Å². The van der Waals surface area contributed by atoms with E-state index in [1.807, 2.05) is 7.05 Å². The predicted octanol–water partition coefficient (Wildman–Crippen LogP) is 3.18. The average molecular weight is 260 g/mol. The van der Waals surface area contributed by atoms with Crippen LogP contribution in [0.4, 0.5) is 0 Å². The number of aromatic nitrogens is 1. The first-order chi connectivity index (χ1) is 8.99. The molecule has 0 aliphatic carbocycles. The van der Waals surface area contributed by atoms with Crippen molar-refractivity contribution in [1.82, 2.24) is 9.88 Å². The summed E-state index contributed by atoms with van der Waals surface area (Å²) in [6.45, 7) is 8.80. The van der Waals surface area contributed by atoms with Gasteiger partial charge < -0.3 is 14.6 Å². The van der Waals surface area contributed by atoms with Gasteiger partial charge in [-0.1, -0.05) is 12.1 Å². The second kappa shape index (κ2) is 5.76. The number of rotatable bonds is 5. The minimum atomic E-state index is -0.0692. The summed E-state index contributed by atoms with van der Waals surface area (Å²) in [5, 5.41) is 4.48. The fourth-order valence-corrected chi connectivity index (χ4v) is 2.19. The van der Waals surface area contributed by atoms with Gasteiger partial charge in [-0.2, -0.15) is 0 Å². The quantitative estimate of drug-likeness (QED) is 0.893. The minimum Gasteiger partial charge on any atom is -0.374 e. The highest BCUT2D eigenvalue weighted by molar-refractivity contribution is 5.80. The van der Waals surface area contributed by atoms with Crippen LogP contribution in [-0.2, 0) is 17.8 Å². The Labute approximate surface area is 115 Å². The van der Waals surface area contributed by atoms with Gasteiger partial charge in [0.25, 0.3) is 0 Å². The lowest BCUT2D eigenvalue weighted by molar-refractivity contribution is -0.00644. The van der Waals surface area contributed by atoms with E-state index in [9.17, 15) is 0 Å². The SMILES string of the molecule is CNCc1ccc2ccn(CCOC(C)(C)C)c2c1. The van der Waals surface area contributed by atoms with Crippen molar-refractivity contribution < 1.29 is 4.74 Å². The van der Waals surface area contributed by atoms with Gasteiger partial charge in [-0.25, -0.2) is 0 Å². The van der Waals surface area contributed by atoms with Crippen molar-refractivity contribution in [2.24, 2.45) is 0 Å². The van der Waals surface area contributed by atoms with Gasteiger partial charge in [0.15, 0.2) is 0 Å². The minimum absolute atomic E-state index is 0.0692. The van der Waals surface area contributed by atoms with Crippen molar-refractivity contribution in [3.8, 4) is 0 Å². The molecule has 3 heteroatoms. The maximum absolute atomic E-state index is 5.80. The standard InChI is InChI=1S/C16H24N2O/c1-16(2,3)19-10-9-18-8-7-14-6-5-13(12-17-4)11-15(14)18/h5-8,11,17H,9-10,12H2,1-4H3. The Hall–Kier alpha value is -1.32. The molecule has 1 N–H and O–H groups in total. The monoisotopic (exact) mass is 260 g/mol. The summed E-state index contributed by atoms with van der Waals surface area (Å²) in [7, 11) is 1.97. The molecule has 0 aliphatic rings. The summed E-state index contributed by atoms with van der Waals surface area (Å²) < 4.78 is 8.06. The van der Waals surface area contributed by atoms with Crippen LogP contribution in [0.5, 0.6) is 0 Å². The van der Waals surface area contributed by atoms with Gasteiger partial charge in [0.2, 0.25) is 0 Å². The zero-order chi connectivity index (χ0) is 13.9. The Kier molecular flexibility index (Phi) is 4.27. The Morgan fingerprint density at radius 1 is 1.21 bits per heavy atom. The van der Waals surface area contributed by atoms with Gasteiger partial charge in [-0.15, -0.1) is 0 Å². The third-order valence-electron chi connectivity index (χ3n) is 3.09. The topological polar surface area (TPSA) is 26.2 Å². The van der Waals surface area contributed by atoms with Crippen molar-refractivity contribution in [3.05, 3.63) is 36.0 Å². The predicted molar refractivity (Wildman–Crippen MR) is 80.4 cm³/mol. The van der Waals surface area contributed by atoms with E-state index in [0.717, 1.165) is 19.7 Å². The van der Waals surface area contributed by atoms with Crippen LogP contribution in [0.15, 0.2) is 30.5 Å². The molecule has 0 aliphatic heterocycles. The molecular weight excluding hydrogens is 236 g/mol. The van der Waals surface area contributed by atoms with E-state index in [0.29, 0.717) is 0 Å². The molecule has 0 bridgehead atoms. The second-order valence-corrected chi connectivity index (χ2v) is 5.89. The molecule has 0 radical (unpaired) electrons. The van der Waals surface area contributed by atoms with Crippen molar-refractivity contribution >= 4 is 10.9 Å². The molecule has 1 aromatic heterocycles. The van der Waals surface area contributed by atoms with E-state index in [1.165, 1.54) is 16.5 Å². The number of hydrogen-bond donors (Lipinski definition) is 1. The van der Waals surface area contributed by atoms with Crippen molar-refractivity contribution in [3.63, 3.8) is 0 Å². The molecule has 0 amide bonds. The fraction of sp³-hybridized carbons (Fsp3) is 0.500. The fourth-order valence-electron chi connectivity index (χ4n) is 2.19. The van der Waals surface area contributed by atoms with E-state index in [-0.39, 0.29) is 5.60 Å². The molecule has 104 valence electrons. The first-order valence-electron chi connectivity index (χ1n) is 6.86. The van der Waals surface area contributed by atoms with Crippen LogP contribution < -0.4 is 5.32 Å². The highest BCUT2D eigenvalue weighted by Crippen LogP contribution is 2.18. The number of benzene rings is 1. The van der Waals surface area contributed by atoms with Crippen molar-refractivity contribution in [2.45, 2.75) is 39.5 Å². The number of hydrogen-bond acceptors (Lipinski definition) is 2. The van der Waals surface area contributed by atoms with Crippen LogP contribution >= 0.6 is 0 Å². The average Bonchev–Trinajstić information content (AvgIpc) is 2.71. The number of nitrogens with one attached hydrogen (secondary N) is 1. The van der Waals surface area contributed by atoms with E-state index < -0.39 is 0 Å². The summed E-state index contributed by atoms with van der Waals surface area (Å²) in [5.41, 5.74) is 2.53. The largest absolute Gasteiger partial charge is 0.374 e. The molecule has 0 spiro atoms. The van der Waals surface area contributed by atoms with Crippen LogP contribution in [-0.4, -0.2) is 23.8 Å². The maximum atomic E-state index is 5.80. The number of ether oxygens (including phenoxy) is 1. The molecule has 1 aromatic carbocycles. The Bertz CT molecular complexity index is 537. The molecule has 19 heavy (non-hydrogen) atoms. The van der Waals surface area contributed by atoms with E-state index in [1.54, 1.807) is 0 Å². The van der Waals surface area contributed by atoms with Gasteiger partial charge in [0.05, 0.1) is 12.2 Å². The molecule has 1 heterocycles. The molecule has 2 rings (SSSR count). The van der Waals surface area contributed by atoms with Crippen LogP contribution in [0.25, 0.3) is 10.9 Å². The third-order valence-corrected chi connectivity index (χ3v) is 3.09. The lowest BCUT2D eigenvalue weighted by atomic mass is 10.1. The van der Waals surface area contributed by atoms with Crippen molar-refractivity contribution in [1.29, 1.82) is 0 Å². The van der Waals surface area contributed by atoms with Gasteiger partial charge in [-0.05, 0) is 50.9 Å². The highest BCUT2D eigenvalue weighted by atomic mass is 16.5. The van der Waals surface area contributed by atoms with Gasteiger partial charge in [0, 0.05) is 24.8 Å². The van der Waals surface area contributed by atoms with E-state index >= 15 is 0 Å². The van der Waals surface area contributed by atoms with Crippen LogP contribution in [0.2, 0.25) is 0 Å². The lowest BCUT2D eigenvalue weighted by Crippen LogP contribution is -2.21. The molecule has 3 nitrogen and oxygen atoms in total. The van der Waals surface area contributed by atoms with E-state index in [4.69, 9.17) is 4.74 Å². The molecule has 0 saturated carbocycles. The van der Waals surface area contributed by atoms with Gasteiger partial charge in [-0.3, -0.25) is 0 Å². The zero-order valence-electron chi connectivity index (χ0n) is 12.4. The van der Waals surface area contributed by atoms with Gasteiger partial charge >= 0.3 is 0 Å². The zero-order valence-corrected chi connectivity index (χ0v) is 12.4. The molecule has 0 saturated heterocycles. The summed E-state index contributed by atoms with van der Waals surface area (Å²) >= 11 is 0. The maximum Gasteiger partial charge on any atom is 0.0652 e. The Balaban J connectivity index is 2.12. The Morgan fingerprint density at radius 2 is 2.00 bits per heavy atom. The highest BCUT2D eigenvalue weighted by Gasteiger charge is 2.10. The Morgan fingerprint density at radius 3 is 2.68 bits per heavy atom. The summed E-state index contributed by atoms with van der Waals surface area (Å²) in [5.74, 6) is 0. The molecule has 2 aromatic rings. The lowest BCUT2D eigenvalue weighted by Gasteiger charge is -2.19. The van der Waals surface area contributed by atoms with E-state index in [2.05, 4.69) is 61.1 Å². The summed E-state index contributed by atoms with van der Waals surface area (Å²) in [6.07, 6.45) is 2.14. The normalized spacial score (nSPS) is 12.2. The van der Waals surface area contributed by atoms with Crippen molar-refractivity contribution in [2.75, 3.05) is 13.7 Å². The molecule has 0 fully saturated rings. The molecule has 0 unspecified atom stereocenters. The molecule has 0 atom stereocenters. The smallest absolute Gasteiger partial charge is 0.0652 e. The summed E-state index contributed by atoms with van der Waals surface area (Å²) in [6, 6.07) is 8.77. The first-order valence-corrected chi connectivity index (χ1v) is 6.86. The first kappa shape index (κ1) is 14.1. The number of nitrogens with zero attached hydrogens (tertiary/aromatic N) is 1. The van der Waals surface area contributed by atoms with Gasteiger partial charge in [0.1, 0.15) is 0 Å².